The van der Waals surface area contributed by atoms with Crippen LogP contribution in [0.15, 0.2) is 30.6 Å². The molecule has 1 amide bonds. The first-order valence-corrected chi connectivity index (χ1v) is 8.46. The Hall–Kier alpha value is -3.73. The number of benzene rings is 1. The predicted octanol–water partition coefficient (Wildman–Crippen LogP) is 2.05. The second kappa shape index (κ2) is 5.92. The number of hydrogen-bond acceptors (Lipinski definition) is 6. The summed E-state index contributed by atoms with van der Waals surface area (Å²) in [6, 6.07) is 7.57. The SMILES string of the molecule is Cc1ccc(C(=N)c2cnc3[nH]cc(C(=O)NC4(C#N)CC4)c3n2)c(N)c1. The molecule has 0 bridgehead atoms. The Bertz CT molecular complexity index is 1130. The van der Waals surface area contributed by atoms with E-state index < -0.39 is 5.54 Å². The van der Waals surface area contributed by atoms with Gasteiger partial charge in [-0.2, -0.15) is 5.26 Å². The molecule has 2 heterocycles. The number of nitrogens with two attached hydrogens (primary N) is 1. The van der Waals surface area contributed by atoms with Gasteiger partial charge in [-0.05, 0) is 31.4 Å². The van der Waals surface area contributed by atoms with Crippen molar-refractivity contribution in [3.8, 4) is 6.07 Å². The zero-order chi connectivity index (χ0) is 19.2. The minimum Gasteiger partial charge on any atom is -0.398 e. The normalized spacial score (nSPS) is 14.5. The van der Waals surface area contributed by atoms with E-state index in [9.17, 15) is 4.79 Å². The van der Waals surface area contributed by atoms with E-state index in [1.54, 1.807) is 12.1 Å². The van der Waals surface area contributed by atoms with Gasteiger partial charge in [-0.15, -0.1) is 0 Å². The van der Waals surface area contributed by atoms with E-state index in [2.05, 4.69) is 26.3 Å². The highest BCUT2D eigenvalue weighted by atomic mass is 16.1. The number of H-pyrrole nitrogens is 1. The molecule has 2 aromatic heterocycles. The maximum Gasteiger partial charge on any atom is 0.256 e. The van der Waals surface area contributed by atoms with Crippen molar-refractivity contribution in [1.82, 2.24) is 20.3 Å². The molecular formula is C19H17N7O. The number of nitrogens with one attached hydrogen (secondary N) is 3. The number of carbonyl (C=O) groups is 1. The molecule has 1 aliphatic carbocycles. The summed E-state index contributed by atoms with van der Waals surface area (Å²) < 4.78 is 0. The molecule has 0 aliphatic heterocycles. The summed E-state index contributed by atoms with van der Waals surface area (Å²) in [5.41, 5.74) is 8.84. The van der Waals surface area contributed by atoms with Crippen molar-refractivity contribution in [2.24, 2.45) is 0 Å². The quantitative estimate of drug-likeness (QED) is 0.416. The third kappa shape index (κ3) is 2.89. The zero-order valence-electron chi connectivity index (χ0n) is 14.6. The fourth-order valence-corrected chi connectivity index (χ4v) is 2.91. The average Bonchev–Trinajstić information content (AvgIpc) is 3.29. The van der Waals surface area contributed by atoms with Gasteiger partial charge in [0.25, 0.3) is 5.91 Å². The summed E-state index contributed by atoms with van der Waals surface area (Å²) in [7, 11) is 0. The van der Waals surface area contributed by atoms with Crippen molar-refractivity contribution in [1.29, 1.82) is 10.7 Å². The maximum atomic E-state index is 12.6. The van der Waals surface area contributed by atoms with Crippen molar-refractivity contribution >= 4 is 28.5 Å². The Morgan fingerprint density at radius 2 is 2.19 bits per heavy atom. The highest BCUT2D eigenvalue weighted by molar-refractivity contribution is 6.13. The van der Waals surface area contributed by atoms with Gasteiger partial charge in [0.05, 0.1) is 23.5 Å². The van der Waals surface area contributed by atoms with Crippen molar-refractivity contribution < 1.29 is 4.79 Å². The number of nitriles is 1. The molecule has 0 radical (unpaired) electrons. The number of aromatic nitrogens is 3. The second-order valence-corrected chi connectivity index (χ2v) is 6.77. The minimum absolute atomic E-state index is 0.130. The van der Waals surface area contributed by atoms with E-state index in [0.29, 0.717) is 46.5 Å². The van der Waals surface area contributed by atoms with Gasteiger partial charge in [0.15, 0.2) is 5.65 Å². The Morgan fingerprint density at radius 1 is 1.41 bits per heavy atom. The summed E-state index contributed by atoms with van der Waals surface area (Å²) >= 11 is 0. The molecule has 5 N–H and O–H groups in total. The lowest BCUT2D eigenvalue weighted by Gasteiger charge is -2.09. The molecule has 1 fully saturated rings. The first kappa shape index (κ1) is 16.7. The Balaban J connectivity index is 1.70. The Morgan fingerprint density at radius 3 is 2.85 bits per heavy atom. The molecule has 0 saturated heterocycles. The van der Waals surface area contributed by atoms with Crippen LogP contribution >= 0.6 is 0 Å². The summed E-state index contributed by atoms with van der Waals surface area (Å²) in [4.78, 5) is 24.2. The molecule has 0 spiro atoms. The van der Waals surface area contributed by atoms with E-state index in [1.807, 2.05) is 13.0 Å². The smallest absolute Gasteiger partial charge is 0.256 e. The standard InChI is InChI=1S/C19H17N7O/c1-10-2-3-11(13(21)6-10)15(22)14-8-24-17-16(25-14)12(7-23-17)18(27)26-19(9-20)4-5-19/h2-3,6-8,22H,4-5,21H2,1H3,(H,23,24)(H,26,27). The molecular weight excluding hydrogens is 342 g/mol. The van der Waals surface area contributed by atoms with Gasteiger partial charge in [-0.3, -0.25) is 10.2 Å². The fourth-order valence-electron chi connectivity index (χ4n) is 2.91. The molecule has 3 aromatic rings. The average molecular weight is 359 g/mol. The van der Waals surface area contributed by atoms with Crippen LogP contribution in [0, 0.1) is 23.7 Å². The lowest BCUT2D eigenvalue weighted by atomic mass is 10.0. The summed E-state index contributed by atoms with van der Waals surface area (Å²) in [6.07, 6.45) is 4.28. The van der Waals surface area contributed by atoms with Gasteiger partial charge in [0.2, 0.25) is 0 Å². The number of hydrogen-bond donors (Lipinski definition) is 4. The van der Waals surface area contributed by atoms with Crippen LogP contribution in [0.25, 0.3) is 11.2 Å². The predicted molar refractivity (Wildman–Crippen MR) is 100 cm³/mol. The van der Waals surface area contributed by atoms with Crippen molar-refractivity contribution in [3.63, 3.8) is 0 Å². The monoisotopic (exact) mass is 359 g/mol. The first-order valence-electron chi connectivity index (χ1n) is 8.46. The van der Waals surface area contributed by atoms with Crippen LogP contribution in [0.3, 0.4) is 0 Å². The third-order valence-corrected chi connectivity index (χ3v) is 4.67. The number of rotatable bonds is 4. The number of amides is 1. The zero-order valence-corrected chi connectivity index (χ0v) is 14.6. The minimum atomic E-state index is -0.769. The summed E-state index contributed by atoms with van der Waals surface area (Å²) in [5.74, 6) is -0.381. The molecule has 1 saturated carbocycles. The van der Waals surface area contributed by atoms with Gasteiger partial charge >= 0.3 is 0 Å². The van der Waals surface area contributed by atoms with E-state index in [0.717, 1.165) is 5.56 Å². The molecule has 0 atom stereocenters. The first-order chi connectivity index (χ1) is 12.9. The van der Waals surface area contributed by atoms with Crippen LogP contribution in [0.5, 0.6) is 0 Å². The van der Waals surface area contributed by atoms with Crippen LogP contribution in [0.4, 0.5) is 5.69 Å². The molecule has 27 heavy (non-hydrogen) atoms. The Labute approximate surface area is 154 Å². The highest BCUT2D eigenvalue weighted by Gasteiger charge is 2.45. The van der Waals surface area contributed by atoms with Crippen LogP contribution in [0.1, 0.15) is 40.0 Å². The topological polar surface area (TPSA) is 144 Å². The number of nitrogens with zero attached hydrogens (tertiary/aromatic N) is 3. The number of carbonyl (C=O) groups excluding carboxylic acids is 1. The number of aryl methyl sites for hydroxylation is 1. The fraction of sp³-hybridized carbons (Fsp3) is 0.211. The van der Waals surface area contributed by atoms with E-state index in [-0.39, 0.29) is 11.6 Å². The Kier molecular flexibility index (Phi) is 3.66. The van der Waals surface area contributed by atoms with Crippen molar-refractivity contribution in [2.75, 3.05) is 5.73 Å². The lowest BCUT2D eigenvalue weighted by molar-refractivity contribution is 0.0943. The lowest BCUT2D eigenvalue weighted by Crippen LogP contribution is -2.35. The summed E-state index contributed by atoms with van der Waals surface area (Å²) in [5, 5.41) is 20.3. The van der Waals surface area contributed by atoms with Crippen LogP contribution < -0.4 is 11.1 Å². The van der Waals surface area contributed by atoms with Crippen LogP contribution in [-0.4, -0.2) is 32.1 Å². The molecule has 1 aromatic carbocycles. The van der Waals surface area contributed by atoms with Gasteiger partial charge in [-0.25, -0.2) is 9.97 Å². The highest BCUT2D eigenvalue weighted by Crippen LogP contribution is 2.34. The van der Waals surface area contributed by atoms with Gasteiger partial charge in [0.1, 0.15) is 16.7 Å². The van der Waals surface area contributed by atoms with E-state index >= 15 is 0 Å². The maximum absolute atomic E-state index is 12.6. The third-order valence-electron chi connectivity index (χ3n) is 4.67. The molecule has 4 rings (SSSR count). The van der Waals surface area contributed by atoms with E-state index in [1.165, 1.54) is 12.4 Å². The van der Waals surface area contributed by atoms with Gasteiger partial charge in [-0.1, -0.05) is 12.1 Å². The largest absolute Gasteiger partial charge is 0.398 e. The van der Waals surface area contributed by atoms with E-state index in [4.69, 9.17) is 16.4 Å². The number of aromatic amines is 1. The number of anilines is 1. The molecule has 0 unspecified atom stereocenters. The van der Waals surface area contributed by atoms with Crippen LogP contribution in [0.2, 0.25) is 0 Å². The molecule has 1 aliphatic rings. The molecule has 8 heteroatoms. The molecule has 134 valence electrons. The summed E-state index contributed by atoms with van der Waals surface area (Å²) in [6.45, 7) is 1.92. The van der Waals surface area contributed by atoms with Crippen molar-refractivity contribution in [2.45, 2.75) is 25.3 Å². The molecule has 8 nitrogen and oxygen atoms in total. The number of fused-ring (bicyclic) bond motifs is 1. The van der Waals surface area contributed by atoms with Gasteiger partial charge < -0.3 is 16.0 Å². The van der Waals surface area contributed by atoms with Crippen LogP contribution in [-0.2, 0) is 0 Å². The number of nitrogen functional groups attached to an aromatic ring is 1. The van der Waals surface area contributed by atoms with Crippen molar-refractivity contribution in [3.05, 3.63) is 53.0 Å². The second-order valence-electron chi connectivity index (χ2n) is 6.77. The van der Waals surface area contributed by atoms with Gasteiger partial charge in [0, 0.05) is 17.4 Å².